The predicted octanol–water partition coefficient (Wildman–Crippen LogP) is 3.12. The van der Waals surface area contributed by atoms with Crippen molar-refractivity contribution in [3.63, 3.8) is 0 Å². The summed E-state index contributed by atoms with van der Waals surface area (Å²) in [6, 6.07) is 4.30. The van der Waals surface area contributed by atoms with E-state index in [-0.39, 0.29) is 11.9 Å². The zero-order valence-electron chi connectivity index (χ0n) is 8.75. The van der Waals surface area contributed by atoms with Crippen LogP contribution in [0.4, 0.5) is 0 Å². The molecule has 3 heteroatoms. The van der Waals surface area contributed by atoms with Gasteiger partial charge in [-0.05, 0) is 24.3 Å². The summed E-state index contributed by atoms with van der Waals surface area (Å²) in [5, 5.41) is 5.09. The summed E-state index contributed by atoms with van der Waals surface area (Å²) in [7, 11) is 0. The highest BCUT2D eigenvalue weighted by Gasteiger charge is 2.12. The molecule has 1 N–H and O–H groups in total. The number of hydrogen-bond donors (Lipinski definition) is 1. The fraction of sp³-hybridized carbons (Fsp3) is 0.545. The second kappa shape index (κ2) is 5.81. The van der Waals surface area contributed by atoms with Crippen molar-refractivity contribution in [2.75, 3.05) is 0 Å². The van der Waals surface area contributed by atoms with E-state index in [0.29, 0.717) is 6.42 Å². The highest BCUT2D eigenvalue weighted by Crippen LogP contribution is 2.21. The molecule has 1 unspecified atom stereocenters. The molecule has 1 atom stereocenters. The van der Waals surface area contributed by atoms with Crippen molar-refractivity contribution in [1.29, 1.82) is 0 Å². The SMILES string of the molecule is CCCC(=O)NC(CC)c1cccs1. The van der Waals surface area contributed by atoms with Gasteiger partial charge in [0.05, 0.1) is 6.04 Å². The van der Waals surface area contributed by atoms with Gasteiger partial charge in [-0.25, -0.2) is 0 Å². The molecule has 0 aromatic carbocycles. The van der Waals surface area contributed by atoms with E-state index >= 15 is 0 Å². The maximum Gasteiger partial charge on any atom is 0.220 e. The zero-order valence-corrected chi connectivity index (χ0v) is 9.56. The van der Waals surface area contributed by atoms with Crippen molar-refractivity contribution in [1.82, 2.24) is 5.32 Å². The van der Waals surface area contributed by atoms with Gasteiger partial charge in [0, 0.05) is 11.3 Å². The predicted molar refractivity (Wildman–Crippen MR) is 60.4 cm³/mol. The third kappa shape index (κ3) is 3.14. The summed E-state index contributed by atoms with van der Waals surface area (Å²) < 4.78 is 0. The first kappa shape index (κ1) is 11.2. The van der Waals surface area contributed by atoms with Crippen LogP contribution in [0.5, 0.6) is 0 Å². The normalized spacial score (nSPS) is 12.4. The molecular formula is C11H17NOS. The van der Waals surface area contributed by atoms with Crippen LogP contribution in [0.2, 0.25) is 0 Å². The van der Waals surface area contributed by atoms with Crippen LogP contribution >= 0.6 is 11.3 Å². The van der Waals surface area contributed by atoms with Gasteiger partial charge in [0.25, 0.3) is 0 Å². The van der Waals surface area contributed by atoms with Crippen LogP contribution in [0.15, 0.2) is 17.5 Å². The standard InChI is InChI=1S/C11H17NOS/c1-3-6-11(13)12-9(4-2)10-7-5-8-14-10/h5,7-9H,3-4,6H2,1-2H3,(H,12,13). The Bertz CT molecular complexity index is 269. The van der Waals surface area contributed by atoms with Crippen LogP contribution in [0.3, 0.4) is 0 Å². The van der Waals surface area contributed by atoms with Gasteiger partial charge in [-0.3, -0.25) is 4.79 Å². The van der Waals surface area contributed by atoms with E-state index in [1.165, 1.54) is 4.88 Å². The van der Waals surface area contributed by atoms with E-state index in [9.17, 15) is 4.79 Å². The van der Waals surface area contributed by atoms with E-state index < -0.39 is 0 Å². The summed E-state index contributed by atoms with van der Waals surface area (Å²) in [5.74, 6) is 0.160. The van der Waals surface area contributed by atoms with Crippen LogP contribution in [-0.4, -0.2) is 5.91 Å². The minimum atomic E-state index is 0.160. The van der Waals surface area contributed by atoms with E-state index in [2.05, 4.69) is 18.3 Å². The molecule has 0 aliphatic rings. The Kier molecular flexibility index (Phi) is 4.66. The summed E-state index contributed by atoms with van der Waals surface area (Å²) in [6.07, 6.45) is 2.49. The van der Waals surface area contributed by atoms with Crippen molar-refractivity contribution >= 4 is 17.2 Å². The third-order valence-corrected chi connectivity index (χ3v) is 3.09. The second-order valence-electron chi connectivity index (χ2n) is 3.29. The maximum absolute atomic E-state index is 11.4. The molecule has 0 spiro atoms. The average Bonchev–Trinajstić information content (AvgIpc) is 2.67. The molecule has 0 radical (unpaired) electrons. The van der Waals surface area contributed by atoms with E-state index in [4.69, 9.17) is 0 Å². The van der Waals surface area contributed by atoms with Gasteiger partial charge < -0.3 is 5.32 Å². The zero-order chi connectivity index (χ0) is 10.4. The van der Waals surface area contributed by atoms with E-state index in [1.54, 1.807) is 11.3 Å². The Labute approximate surface area is 89.3 Å². The van der Waals surface area contributed by atoms with Gasteiger partial charge in [-0.2, -0.15) is 0 Å². The number of carbonyl (C=O) groups excluding carboxylic acids is 1. The first-order chi connectivity index (χ1) is 6.77. The van der Waals surface area contributed by atoms with Crippen molar-refractivity contribution in [3.8, 4) is 0 Å². The summed E-state index contributed by atoms with van der Waals surface area (Å²) in [5.41, 5.74) is 0. The highest BCUT2D eigenvalue weighted by molar-refractivity contribution is 7.10. The number of thiophene rings is 1. The molecule has 14 heavy (non-hydrogen) atoms. The lowest BCUT2D eigenvalue weighted by Gasteiger charge is -2.14. The Morgan fingerprint density at radius 3 is 2.86 bits per heavy atom. The largest absolute Gasteiger partial charge is 0.348 e. The molecule has 0 fully saturated rings. The molecule has 2 nitrogen and oxygen atoms in total. The number of hydrogen-bond acceptors (Lipinski definition) is 2. The number of carbonyl (C=O) groups is 1. The molecule has 0 aliphatic heterocycles. The fourth-order valence-corrected chi connectivity index (χ4v) is 2.22. The summed E-state index contributed by atoms with van der Waals surface area (Å²) in [6.45, 7) is 4.11. The highest BCUT2D eigenvalue weighted by atomic mass is 32.1. The van der Waals surface area contributed by atoms with Gasteiger partial charge in [0.1, 0.15) is 0 Å². The molecular weight excluding hydrogens is 194 g/mol. The van der Waals surface area contributed by atoms with Gasteiger partial charge in [-0.1, -0.05) is 19.9 Å². The molecule has 1 rings (SSSR count). The molecule has 0 bridgehead atoms. The van der Waals surface area contributed by atoms with Crippen LogP contribution in [-0.2, 0) is 4.79 Å². The second-order valence-corrected chi connectivity index (χ2v) is 4.27. The molecule has 1 heterocycles. The quantitative estimate of drug-likeness (QED) is 0.796. The Balaban J connectivity index is 2.51. The van der Waals surface area contributed by atoms with Gasteiger partial charge in [0.2, 0.25) is 5.91 Å². The fourth-order valence-electron chi connectivity index (χ4n) is 1.36. The van der Waals surface area contributed by atoms with E-state index in [0.717, 1.165) is 12.8 Å². The number of amides is 1. The topological polar surface area (TPSA) is 29.1 Å². The number of rotatable bonds is 5. The lowest BCUT2D eigenvalue weighted by atomic mass is 10.2. The molecule has 0 saturated heterocycles. The molecule has 1 aromatic heterocycles. The molecule has 1 aromatic rings. The van der Waals surface area contributed by atoms with Gasteiger partial charge >= 0.3 is 0 Å². The van der Waals surface area contributed by atoms with Crippen molar-refractivity contribution in [2.24, 2.45) is 0 Å². The van der Waals surface area contributed by atoms with Gasteiger partial charge in [0.15, 0.2) is 0 Å². The maximum atomic E-state index is 11.4. The van der Waals surface area contributed by atoms with Crippen LogP contribution in [0.25, 0.3) is 0 Å². The van der Waals surface area contributed by atoms with Crippen molar-refractivity contribution < 1.29 is 4.79 Å². The van der Waals surface area contributed by atoms with Crippen LogP contribution in [0, 0.1) is 0 Å². The molecule has 78 valence electrons. The van der Waals surface area contributed by atoms with Crippen molar-refractivity contribution in [3.05, 3.63) is 22.4 Å². The number of nitrogens with one attached hydrogen (secondary N) is 1. The minimum Gasteiger partial charge on any atom is -0.348 e. The molecule has 0 aliphatic carbocycles. The lowest BCUT2D eigenvalue weighted by Crippen LogP contribution is -2.27. The lowest BCUT2D eigenvalue weighted by molar-refractivity contribution is -0.121. The Morgan fingerprint density at radius 1 is 1.57 bits per heavy atom. The molecule has 0 saturated carbocycles. The Morgan fingerprint density at radius 2 is 2.36 bits per heavy atom. The smallest absolute Gasteiger partial charge is 0.220 e. The summed E-state index contributed by atoms with van der Waals surface area (Å²) in [4.78, 5) is 12.6. The minimum absolute atomic E-state index is 0.160. The monoisotopic (exact) mass is 211 g/mol. The first-order valence-corrected chi connectivity index (χ1v) is 5.98. The average molecular weight is 211 g/mol. The van der Waals surface area contributed by atoms with Crippen LogP contribution in [0.1, 0.15) is 44.0 Å². The van der Waals surface area contributed by atoms with E-state index in [1.807, 2.05) is 18.4 Å². The van der Waals surface area contributed by atoms with Crippen LogP contribution < -0.4 is 5.32 Å². The molecule has 1 amide bonds. The Hall–Kier alpha value is -0.830. The first-order valence-electron chi connectivity index (χ1n) is 5.10. The van der Waals surface area contributed by atoms with Crippen molar-refractivity contribution in [2.45, 2.75) is 39.2 Å². The third-order valence-electron chi connectivity index (χ3n) is 2.11. The summed E-state index contributed by atoms with van der Waals surface area (Å²) >= 11 is 1.70. The van der Waals surface area contributed by atoms with Gasteiger partial charge in [-0.15, -0.1) is 11.3 Å².